The normalized spacial score (nSPS) is 21.4. The zero-order valence-corrected chi connectivity index (χ0v) is 11.8. The van der Waals surface area contributed by atoms with Crippen LogP contribution in [0.15, 0.2) is 0 Å². The molecule has 1 fully saturated rings. The molecular formula is C14H30N2O. The van der Waals surface area contributed by atoms with Crippen LogP contribution in [0.1, 0.15) is 52.9 Å². The number of rotatable bonds is 7. The summed E-state index contributed by atoms with van der Waals surface area (Å²) in [5, 5.41) is 10.00. The lowest BCUT2D eigenvalue weighted by molar-refractivity contribution is 0.0395. The molecule has 1 atom stereocenters. The van der Waals surface area contributed by atoms with Crippen molar-refractivity contribution in [3.05, 3.63) is 0 Å². The molecule has 3 heteroatoms. The summed E-state index contributed by atoms with van der Waals surface area (Å²) in [6.07, 6.45) is 6.18. The van der Waals surface area contributed by atoms with Crippen molar-refractivity contribution in [2.75, 3.05) is 19.6 Å². The predicted molar refractivity (Wildman–Crippen MR) is 73.0 cm³/mol. The van der Waals surface area contributed by atoms with Crippen molar-refractivity contribution in [2.45, 2.75) is 64.5 Å². The van der Waals surface area contributed by atoms with Crippen LogP contribution in [0.25, 0.3) is 0 Å². The Morgan fingerprint density at radius 3 is 2.41 bits per heavy atom. The Bertz CT molecular complexity index is 210. The fraction of sp³-hybridized carbons (Fsp3) is 1.00. The number of nitrogens with zero attached hydrogens (tertiary/aromatic N) is 1. The van der Waals surface area contributed by atoms with E-state index in [9.17, 15) is 5.11 Å². The maximum absolute atomic E-state index is 10.00. The smallest absolute Gasteiger partial charge is 0.0753 e. The van der Waals surface area contributed by atoms with Crippen LogP contribution in [0, 0.1) is 5.92 Å². The zero-order valence-electron chi connectivity index (χ0n) is 11.8. The summed E-state index contributed by atoms with van der Waals surface area (Å²) >= 11 is 0. The van der Waals surface area contributed by atoms with E-state index in [1.165, 1.54) is 25.7 Å². The zero-order chi connectivity index (χ0) is 12.9. The molecule has 3 N–H and O–H groups in total. The highest BCUT2D eigenvalue weighted by molar-refractivity contribution is 4.81. The van der Waals surface area contributed by atoms with E-state index >= 15 is 0 Å². The average molecular weight is 242 g/mol. The minimum absolute atomic E-state index is 0.354. The summed E-state index contributed by atoms with van der Waals surface area (Å²) in [5.41, 5.74) is 4.88. The Morgan fingerprint density at radius 1 is 1.35 bits per heavy atom. The van der Waals surface area contributed by atoms with Crippen LogP contribution in [-0.4, -0.2) is 41.3 Å². The third-order valence-corrected chi connectivity index (χ3v) is 3.82. The first-order chi connectivity index (χ1) is 7.94. The first-order valence-electron chi connectivity index (χ1n) is 7.11. The second-order valence-electron chi connectivity index (χ2n) is 6.28. The first kappa shape index (κ1) is 14.9. The van der Waals surface area contributed by atoms with Crippen LogP contribution in [-0.2, 0) is 0 Å². The summed E-state index contributed by atoms with van der Waals surface area (Å²) in [4.78, 5) is 2.57. The Labute approximate surface area is 106 Å². The fourth-order valence-electron chi connectivity index (χ4n) is 2.65. The summed E-state index contributed by atoms with van der Waals surface area (Å²) < 4.78 is 0. The molecular weight excluding hydrogens is 212 g/mol. The van der Waals surface area contributed by atoms with Gasteiger partial charge in [0.2, 0.25) is 0 Å². The lowest BCUT2D eigenvalue weighted by Crippen LogP contribution is -2.42. The van der Waals surface area contributed by atoms with Gasteiger partial charge in [-0.25, -0.2) is 0 Å². The number of hydrogen-bond acceptors (Lipinski definition) is 3. The van der Waals surface area contributed by atoms with Crippen molar-refractivity contribution >= 4 is 0 Å². The molecule has 0 amide bonds. The van der Waals surface area contributed by atoms with Crippen LogP contribution >= 0.6 is 0 Å². The molecule has 3 nitrogen and oxygen atoms in total. The third-order valence-electron chi connectivity index (χ3n) is 3.82. The van der Waals surface area contributed by atoms with E-state index in [1.54, 1.807) is 0 Å². The molecule has 1 unspecified atom stereocenters. The van der Waals surface area contributed by atoms with E-state index in [0.29, 0.717) is 12.5 Å². The fourth-order valence-corrected chi connectivity index (χ4v) is 2.65. The van der Waals surface area contributed by atoms with Gasteiger partial charge in [0.05, 0.1) is 5.60 Å². The summed E-state index contributed by atoms with van der Waals surface area (Å²) in [6.45, 7) is 8.85. The second-order valence-corrected chi connectivity index (χ2v) is 6.28. The average Bonchev–Trinajstić information content (AvgIpc) is 2.77. The van der Waals surface area contributed by atoms with Crippen LogP contribution in [0.3, 0.4) is 0 Å². The molecule has 0 aromatic rings. The van der Waals surface area contributed by atoms with Gasteiger partial charge in [-0.15, -0.1) is 0 Å². The minimum Gasteiger partial charge on any atom is -0.389 e. The Balaban J connectivity index is 2.45. The predicted octanol–water partition coefficient (Wildman–Crippen LogP) is 1.99. The van der Waals surface area contributed by atoms with Gasteiger partial charge in [0, 0.05) is 25.7 Å². The minimum atomic E-state index is -0.701. The van der Waals surface area contributed by atoms with Crippen molar-refractivity contribution in [3.8, 4) is 0 Å². The molecule has 0 spiro atoms. The van der Waals surface area contributed by atoms with Gasteiger partial charge in [0.15, 0.2) is 0 Å². The van der Waals surface area contributed by atoms with Crippen LogP contribution in [0.5, 0.6) is 0 Å². The van der Waals surface area contributed by atoms with Crippen LogP contribution in [0.2, 0.25) is 0 Å². The topological polar surface area (TPSA) is 49.5 Å². The molecule has 0 heterocycles. The van der Waals surface area contributed by atoms with Crippen LogP contribution < -0.4 is 5.73 Å². The van der Waals surface area contributed by atoms with Gasteiger partial charge in [-0.05, 0) is 32.1 Å². The molecule has 1 aliphatic carbocycles. The van der Waals surface area contributed by atoms with Gasteiger partial charge in [-0.1, -0.05) is 26.7 Å². The van der Waals surface area contributed by atoms with Gasteiger partial charge < -0.3 is 15.7 Å². The van der Waals surface area contributed by atoms with E-state index in [1.807, 2.05) is 6.92 Å². The van der Waals surface area contributed by atoms with Gasteiger partial charge >= 0.3 is 0 Å². The van der Waals surface area contributed by atoms with E-state index in [2.05, 4.69) is 18.7 Å². The molecule has 102 valence electrons. The highest BCUT2D eigenvalue weighted by atomic mass is 16.3. The lowest BCUT2D eigenvalue weighted by Gasteiger charge is -2.33. The molecule has 17 heavy (non-hydrogen) atoms. The quantitative estimate of drug-likeness (QED) is 0.718. The lowest BCUT2D eigenvalue weighted by atomic mass is 10.0. The van der Waals surface area contributed by atoms with Gasteiger partial charge in [0.1, 0.15) is 0 Å². The summed E-state index contributed by atoms with van der Waals surface area (Å²) in [7, 11) is 0. The van der Waals surface area contributed by atoms with Crippen molar-refractivity contribution in [2.24, 2.45) is 11.7 Å². The Hall–Kier alpha value is -0.120. The molecule has 0 bridgehead atoms. The monoisotopic (exact) mass is 242 g/mol. The molecule has 1 saturated carbocycles. The second kappa shape index (κ2) is 6.72. The number of nitrogens with two attached hydrogens (primary N) is 1. The van der Waals surface area contributed by atoms with E-state index in [4.69, 9.17) is 5.73 Å². The van der Waals surface area contributed by atoms with Crippen molar-refractivity contribution in [1.29, 1.82) is 0 Å². The molecule has 0 aliphatic heterocycles. The van der Waals surface area contributed by atoms with E-state index in [-0.39, 0.29) is 0 Å². The van der Waals surface area contributed by atoms with Gasteiger partial charge in [-0.3, -0.25) is 0 Å². The van der Waals surface area contributed by atoms with Crippen LogP contribution in [0.4, 0.5) is 0 Å². The molecule has 1 rings (SSSR count). The Morgan fingerprint density at radius 2 is 1.94 bits per heavy atom. The molecule has 0 aromatic carbocycles. The molecule has 1 aliphatic rings. The third kappa shape index (κ3) is 5.36. The van der Waals surface area contributed by atoms with E-state index in [0.717, 1.165) is 25.6 Å². The number of hydrogen-bond donors (Lipinski definition) is 2. The highest BCUT2D eigenvalue weighted by Crippen LogP contribution is 2.25. The van der Waals surface area contributed by atoms with Crippen molar-refractivity contribution in [1.82, 2.24) is 4.90 Å². The SMILES string of the molecule is CC(C)CN(CCC(C)(O)CN)C1CCCC1. The van der Waals surface area contributed by atoms with E-state index < -0.39 is 5.60 Å². The van der Waals surface area contributed by atoms with Crippen molar-refractivity contribution < 1.29 is 5.11 Å². The standard InChI is InChI=1S/C14H30N2O/c1-12(2)10-16(13-6-4-5-7-13)9-8-14(3,17)11-15/h12-13,17H,4-11,15H2,1-3H3. The summed E-state index contributed by atoms with van der Waals surface area (Å²) in [6, 6.07) is 0.742. The first-order valence-corrected chi connectivity index (χ1v) is 7.11. The Kier molecular flexibility index (Phi) is 5.90. The maximum Gasteiger partial charge on any atom is 0.0753 e. The largest absolute Gasteiger partial charge is 0.389 e. The number of aliphatic hydroxyl groups is 1. The molecule has 0 saturated heterocycles. The highest BCUT2D eigenvalue weighted by Gasteiger charge is 2.26. The maximum atomic E-state index is 10.00. The van der Waals surface area contributed by atoms with Crippen molar-refractivity contribution in [3.63, 3.8) is 0 Å². The molecule has 0 aromatic heterocycles. The molecule has 0 radical (unpaired) electrons. The van der Waals surface area contributed by atoms with Gasteiger partial charge in [-0.2, -0.15) is 0 Å². The summed E-state index contributed by atoms with van der Waals surface area (Å²) in [5.74, 6) is 0.693. The van der Waals surface area contributed by atoms with Gasteiger partial charge in [0.25, 0.3) is 0 Å².